The van der Waals surface area contributed by atoms with Crippen LogP contribution in [0.25, 0.3) is 11.5 Å². The van der Waals surface area contributed by atoms with E-state index in [1.54, 1.807) is 32.4 Å². The van der Waals surface area contributed by atoms with Crippen LogP contribution >= 0.6 is 0 Å². The Morgan fingerprint density at radius 1 is 1.05 bits per heavy atom. The van der Waals surface area contributed by atoms with E-state index in [1.807, 2.05) is 13.8 Å². The highest BCUT2D eigenvalue weighted by atomic mass is 16.5. The Bertz CT molecular complexity index is 559. The van der Waals surface area contributed by atoms with Crippen LogP contribution in [0.2, 0.25) is 0 Å². The molecule has 0 aliphatic heterocycles. The number of benzene rings is 1. The molecule has 1 aromatic heterocycles. The molecular formula is C14H19N3O3. The summed E-state index contributed by atoms with van der Waals surface area (Å²) in [6, 6.07) is 5.12. The van der Waals surface area contributed by atoms with Crippen molar-refractivity contribution in [3.8, 4) is 23.0 Å². The molecule has 108 valence electrons. The minimum absolute atomic E-state index is 0.225. The molecular weight excluding hydrogens is 258 g/mol. The number of hydrogen-bond acceptors (Lipinski definition) is 6. The van der Waals surface area contributed by atoms with Crippen LogP contribution in [0.4, 0.5) is 0 Å². The summed E-state index contributed by atoms with van der Waals surface area (Å²) in [5, 5.41) is 8.03. The van der Waals surface area contributed by atoms with Crippen LogP contribution in [-0.2, 0) is 0 Å². The SMILES string of the molecule is COc1cc(OC)cc(-c2nnc(C(N)C(C)C)o2)c1. The van der Waals surface area contributed by atoms with E-state index in [0.717, 1.165) is 5.56 Å². The predicted octanol–water partition coefficient (Wildman–Crippen LogP) is 2.41. The summed E-state index contributed by atoms with van der Waals surface area (Å²) in [7, 11) is 3.18. The molecule has 20 heavy (non-hydrogen) atoms. The van der Waals surface area contributed by atoms with Crippen molar-refractivity contribution in [2.24, 2.45) is 11.7 Å². The highest BCUT2D eigenvalue weighted by Gasteiger charge is 2.19. The van der Waals surface area contributed by atoms with Gasteiger partial charge in [0.2, 0.25) is 11.8 Å². The molecule has 2 N–H and O–H groups in total. The van der Waals surface area contributed by atoms with Gasteiger partial charge in [0.15, 0.2) is 0 Å². The molecule has 0 saturated carbocycles. The Hall–Kier alpha value is -2.08. The van der Waals surface area contributed by atoms with Gasteiger partial charge in [0.25, 0.3) is 0 Å². The smallest absolute Gasteiger partial charge is 0.248 e. The van der Waals surface area contributed by atoms with Crippen molar-refractivity contribution < 1.29 is 13.9 Å². The summed E-state index contributed by atoms with van der Waals surface area (Å²) in [4.78, 5) is 0. The first kappa shape index (κ1) is 14.3. The van der Waals surface area contributed by atoms with Crippen LogP contribution < -0.4 is 15.2 Å². The fraction of sp³-hybridized carbons (Fsp3) is 0.429. The van der Waals surface area contributed by atoms with Gasteiger partial charge in [0.1, 0.15) is 11.5 Å². The molecule has 0 aliphatic rings. The average Bonchev–Trinajstić information content (AvgIpc) is 2.95. The third kappa shape index (κ3) is 2.91. The Kier molecular flexibility index (Phi) is 4.24. The van der Waals surface area contributed by atoms with Gasteiger partial charge in [0, 0.05) is 11.6 Å². The van der Waals surface area contributed by atoms with Gasteiger partial charge in [-0.25, -0.2) is 0 Å². The molecule has 1 aromatic carbocycles. The maximum Gasteiger partial charge on any atom is 0.248 e. The van der Waals surface area contributed by atoms with E-state index in [-0.39, 0.29) is 12.0 Å². The molecule has 2 rings (SSSR count). The first-order chi connectivity index (χ1) is 9.55. The van der Waals surface area contributed by atoms with Crippen molar-refractivity contribution in [2.75, 3.05) is 14.2 Å². The largest absolute Gasteiger partial charge is 0.497 e. The average molecular weight is 277 g/mol. The lowest BCUT2D eigenvalue weighted by Crippen LogP contribution is -2.16. The second-order valence-corrected chi connectivity index (χ2v) is 4.82. The van der Waals surface area contributed by atoms with Crippen molar-refractivity contribution in [1.82, 2.24) is 10.2 Å². The van der Waals surface area contributed by atoms with Crippen LogP contribution in [0.3, 0.4) is 0 Å². The third-order valence-electron chi connectivity index (χ3n) is 3.04. The van der Waals surface area contributed by atoms with Gasteiger partial charge in [-0.3, -0.25) is 0 Å². The number of nitrogens with zero attached hydrogens (tertiary/aromatic N) is 2. The normalized spacial score (nSPS) is 12.5. The lowest BCUT2D eigenvalue weighted by Gasteiger charge is -2.09. The molecule has 0 bridgehead atoms. The molecule has 0 radical (unpaired) electrons. The Morgan fingerprint density at radius 3 is 2.15 bits per heavy atom. The zero-order valence-electron chi connectivity index (χ0n) is 12.1. The number of rotatable bonds is 5. The van der Waals surface area contributed by atoms with Gasteiger partial charge >= 0.3 is 0 Å². The molecule has 0 amide bonds. The zero-order chi connectivity index (χ0) is 14.7. The van der Waals surface area contributed by atoms with E-state index >= 15 is 0 Å². The van der Waals surface area contributed by atoms with Crippen molar-refractivity contribution in [3.63, 3.8) is 0 Å². The van der Waals surface area contributed by atoms with Gasteiger partial charge in [-0.2, -0.15) is 0 Å². The molecule has 2 aromatic rings. The minimum atomic E-state index is -0.274. The van der Waals surface area contributed by atoms with Gasteiger partial charge < -0.3 is 19.6 Å². The molecule has 0 fully saturated rings. The first-order valence-electron chi connectivity index (χ1n) is 6.37. The predicted molar refractivity (Wildman–Crippen MR) is 74.6 cm³/mol. The molecule has 6 heteroatoms. The molecule has 0 aliphatic carbocycles. The second kappa shape index (κ2) is 5.92. The quantitative estimate of drug-likeness (QED) is 0.903. The lowest BCUT2D eigenvalue weighted by atomic mass is 10.1. The molecule has 0 spiro atoms. The Labute approximate surface area is 117 Å². The topological polar surface area (TPSA) is 83.4 Å². The van der Waals surface area contributed by atoms with E-state index in [9.17, 15) is 0 Å². The van der Waals surface area contributed by atoms with E-state index in [4.69, 9.17) is 19.6 Å². The van der Waals surface area contributed by atoms with Crippen LogP contribution in [0.5, 0.6) is 11.5 Å². The van der Waals surface area contributed by atoms with E-state index < -0.39 is 0 Å². The Morgan fingerprint density at radius 2 is 1.65 bits per heavy atom. The van der Waals surface area contributed by atoms with Gasteiger partial charge in [-0.15, -0.1) is 10.2 Å². The number of hydrogen-bond donors (Lipinski definition) is 1. The maximum atomic E-state index is 6.00. The minimum Gasteiger partial charge on any atom is -0.497 e. The van der Waals surface area contributed by atoms with Crippen molar-refractivity contribution >= 4 is 0 Å². The van der Waals surface area contributed by atoms with E-state index in [1.165, 1.54) is 0 Å². The van der Waals surface area contributed by atoms with E-state index in [2.05, 4.69) is 10.2 Å². The summed E-state index contributed by atoms with van der Waals surface area (Å²) >= 11 is 0. The van der Waals surface area contributed by atoms with E-state index in [0.29, 0.717) is 23.3 Å². The van der Waals surface area contributed by atoms with Crippen molar-refractivity contribution in [1.29, 1.82) is 0 Å². The molecule has 1 heterocycles. The maximum absolute atomic E-state index is 6.00. The molecule has 6 nitrogen and oxygen atoms in total. The zero-order valence-corrected chi connectivity index (χ0v) is 12.1. The first-order valence-corrected chi connectivity index (χ1v) is 6.37. The summed E-state index contributed by atoms with van der Waals surface area (Å²) in [6.07, 6.45) is 0. The van der Waals surface area contributed by atoms with Crippen LogP contribution in [0, 0.1) is 5.92 Å². The molecule has 1 unspecified atom stereocenters. The van der Waals surface area contributed by atoms with Gasteiger partial charge in [-0.1, -0.05) is 13.8 Å². The number of ether oxygens (including phenoxy) is 2. The Balaban J connectivity index is 2.36. The second-order valence-electron chi connectivity index (χ2n) is 4.82. The highest BCUT2D eigenvalue weighted by molar-refractivity contribution is 5.59. The summed E-state index contributed by atoms with van der Waals surface area (Å²) in [5.74, 6) is 2.37. The number of methoxy groups -OCH3 is 2. The fourth-order valence-corrected chi connectivity index (χ4v) is 1.70. The van der Waals surface area contributed by atoms with Crippen molar-refractivity contribution in [2.45, 2.75) is 19.9 Å². The summed E-state index contributed by atoms with van der Waals surface area (Å²) < 4.78 is 16.1. The molecule has 0 saturated heterocycles. The monoisotopic (exact) mass is 277 g/mol. The van der Waals surface area contributed by atoms with Gasteiger partial charge in [0.05, 0.1) is 20.3 Å². The molecule has 1 atom stereocenters. The van der Waals surface area contributed by atoms with Crippen LogP contribution in [-0.4, -0.2) is 24.4 Å². The summed E-state index contributed by atoms with van der Waals surface area (Å²) in [6.45, 7) is 4.01. The van der Waals surface area contributed by atoms with Gasteiger partial charge in [-0.05, 0) is 18.1 Å². The van der Waals surface area contributed by atoms with Crippen LogP contribution in [0.1, 0.15) is 25.8 Å². The fourth-order valence-electron chi connectivity index (χ4n) is 1.70. The highest BCUT2D eigenvalue weighted by Crippen LogP contribution is 2.30. The third-order valence-corrected chi connectivity index (χ3v) is 3.04. The lowest BCUT2D eigenvalue weighted by molar-refractivity contribution is 0.389. The number of nitrogens with two attached hydrogens (primary N) is 1. The van der Waals surface area contributed by atoms with Crippen molar-refractivity contribution in [3.05, 3.63) is 24.1 Å². The standard InChI is InChI=1S/C14H19N3O3/c1-8(2)12(15)14-17-16-13(20-14)9-5-10(18-3)7-11(6-9)19-4/h5-8,12H,15H2,1-4H3. The number of aromatic nitrogens is 2. The van der Waals surface area contributed by atoms with Crippen LogP contribution in [0.15, 0.2) is 22.6 Å². The summed E-state index contributed by atoms with van der Waals surface area (Å²) in [5.41, 5.74) is 6.73.